The first kappa shape index (κ1) is 14.5. The van der Waals surface area contributed by atoms with Gasteiger partial charge in [-0.15, -0.1) is 0 Å². The maximum atomic E-state index is 12.9. The van der Waals surface area contributed by atoms with Gasteiger partial charge in [0.2, 0.25) is 0 Å². The van der Waals surface area contributed by atoms with Gasteiger partial charge in [0, 0.05) is 49.3 Å². The van der Waals surface area contributed by atoms with E-state index in [4.69, 9.17) is 0 Å². The number of carbonyl (C=O) groups is 1. The third kappa shape index (κ3) is 2.54. The Kier molecular flexibility index (Phi) is 3.74. The molecule has 0 bridgehead atoms. The van der Waals surface area contributed by atoms with E-state index in [1.807, 2.05) is 4.90 Å². The fourth-order valence-corrected chi connectivity index (χ4v) is 3.12. The smallest absolute Gasteiger partial charge is 0.254 e. The second-order valence-electron chi connectivity index (χ2n) is 5.62. The van der Waals surface area contributed by atoms with E-state index in [1.54, 1.807) is 49.3 Å². The number of amides is 1. The standard InChI is InChI=1S/C17H16N6O/c24-17(12-3-5-18-6-4-12)23-11-1-2-13(23)14-15(20-8-7-19-14)16-21-9-10-22-16/h3-10,13H,1-2,11H2,(H,21,22). The zero-order valence-corrected chi connectivity index (χ0v) is 13.0. The van der Waals surface area contributed by atoms with Crippen molar-refractivity contribution in [2.75, 3.05) is 6.54 Å². The largest absolute Gasteiger partial charge is 0.343 e. The van der Waals surface area contributed by atoms with E-state index in [0.29, 0.717) is 23.6 Å². The summed E-state index contributed by atoms with van der Waals surface area (Å²) in [6.07, 6.45) is 11.8. The lowest BCUT2D eigenvalue weighted by atomic mass is 10.1. The van der Waals surface area contributed by atoms with Crippen LogP contribution in [0.15, 0.2) is 49.3 Å². The molecule has 0 radical (unpaired) electrons. The van der Waals surface area contributed by atoms with Crippen LogP contribution in [0.1, 0.15) is 34.9 Å². The minimum absolute atomic E-state index is 0.00375. The Morgan fingerprint density at radius 1 is 1.08 bits per heavy atom. The van der Waals surface area contributed by atoms with Crippen molar-refractivity contribution in [2.24, 2.45) is 0 Å². The third-order valence-corrected chi connectivity index (χ3v) is 4.21. The van der Waals surface area contributed by atoms with Crippen LogP contribution in [0.5, 0.6) is 0 Å². The predicted molar refractivity (Wildman–Crippen MR) is 86.9 cm³/mol. The van der Waals surface area contributed by atoms with Gasteiger partial charge >= 0.3 is 0 Å². The fraction of sp³-hybridized carbons (Fsp3) is 0.235. The van der Waals surface area contributed by atoms with E-state index in [-0.39, 0.29) is 11.9 Å². The average Bonchev–Trinajstić information content (AvgIpc) is 3.33. The van der Waals surface area contributed by atoms with Gasteiger partial charge in [-0.25, -0.2) is 9.97 Å². The molecule has 1 atom stereocenters. The molecule has 1 aliphatic rings. The molecule has 0 aromatic carbocycles. The summed E-state index contributed by atoms with van der Waals surface area (Å²) in [6, 6.07) is 3.38. The first-order valence-corrected chi connectivity index (χ1v) is 7.86. The molecule has 0 aliphatic carbocycles. The van der Waals surface area contributed by atoms with Gasteiger partial charge in [0.05, 0.1) is 11.7 Å². The Morgan fingerprint density at radius 3 is 2.71 bits per heavy atom. The number of likely N-dealkylation sites (tertiary alicyclic amines) is 1. The van der Waals surface area contributed by atoms with Crippen molar-refractivity contribution in [3.8, 4) is 11.5 Å². The molecule has 1 N–H and O–H groups in total. The number of hydrogen-bond donors (Lipinski definition) is 1. The van der Waals surface area contributed by atoms with Gasteiger partial charge in [-0.3, -0.25) is 14.8 Å². The van der Waals surface area contributed by atoms with Gasteiger partial charge in [0.1, 0.15) is 5.69 Å². The van der Waals surface area contributed by atoms with Gasteiger partial charge in [0.15, 0.2) is 5.82 Å². The summed E-state index contributed by atoms with van der Waals surface area (Å²) in [4.78, 5) is 35.0. The highest BCUT2D eigenvalue weighted by molar-refractivity contribution is 5.94. The van der Waals surface area contributed by atoms with Crippen LogP contribution < -0.4 is 0 Å². The molecule has 1 amide bonds. The lowest BCUT2D eigenvalue weighted by molar-refractivity contribution is 0.0733. The summed E-state index contributed by atoms with van der Waals surface area (Å²) < 4.78 is 0. The number of imidazole rings is 1. The van der Waals surface area contributed by atoms with Gasteiger partial charge < -0.3 is 9.88 Å². The van der Waals surface area contributed by atoms with Crippen LogP contribution in [0, 0.1) is 0 Å². The average molecular weight is 320 g/mol. The summed E-state index contributed by atoms with van der Waals surface area (Å²) in [5.41, 5.74) is 2.12. The first-order valence-electron chi connectivity index (χ1n) is 7.86. The molecule has 1 saturated heterocycles. The summed E-state index contributed by atoms with van der Waals surface area (Å²) in [5.74, 6) is 0.664. The van der Waals surface area contributed by atoms with Crippen molar-refractivity contribution in [1.29, 1.82) is 0 Å². The normalized spacial score (nSPS) is 17.2. The fourth-order valence-electron chi connectivity index (χ4n) is 3.12. The second kappa shape index (κ2) is 6.19. The minimum Gasteiger partial charge on any atom is -0.343 e. The zero-order chi connectivity index (χ0) is 16.4. The highest BCUT2D eigenvalue weighted by atomic mass is 16.2. The van der Waals surface area contributed by atoms with E-state index < -0.39 is 0 Å². The Morgan fingerprint density at radius 2 is 1.92 bits per heavy atom. The quantitative estimate of drug-likeness (QED) is 0.799. The van der Waals surface area contributed by atoms with E-state index in [2.05, 4.69) is 24.9 Å². The molecule has 3 aromatic rings. The van der Waals surface area contributed by atoms with Crippen molar-refractivity contribution < 1.29 is 4.79 Å². The predicted octanol–water partition coefficient (Wildman–Crippen LogP) is 2.24. The minimum atomic E-state index is -0.0977. The topological polar surface area (TPSA) is 87.7 Å². The Bertz CT molecular complexity index is 833. The number of pyridine rings is 1. The summed E-state index contributed by atoms with van der Waals surface area (Å²) in [6.45, 7) is 0.708. The van der Waals surface area contributed by atoms with Crippen molar-refractivity contribution in [1.82, 2.24) is 29.8 Å². The van der Waals surface area contributed by atoms with Gasteiger partial charge in [-0.1, -0.05) is 0 Å². The number of carbonyl (C=O) groups excluding carboxylic acids is 1. The number of H-pyrrole nitrogens is 1. The summed E-state index contributed by atoms with van der Waals surface area (Å²) in [7, 11) is 0. The lowest BCUT2D eigenvalue weighted by Crippen LogP contribution is -2.31. The number of aromatic amines is 1. The highest BCUT2D eigenvalue weighted by Crippen LogP contribution is 2.35. The van der Waals surface area contributed by atoms with Crippen LogP contribution in [0.25, 0.3) is 11.5 Å². The molecule has 120 valence electrons. The molecule has 7 nitrogen and oxygen atoms in total. The maximum Gasteiger partial charge on any atom is 0.254 e. The third-order valence-electron chi connectivity index (χ3n) is 4.21. The molecular weight excluding hydrogens is 304 g/mol. The number of aromatic nitrogens is 5. The van der Waals surface area contributed by atoms with Crippen LogP contribution >= 0.6 is 0 Å². The van der Waals surface area contributed by atoms with E-state index in [0.717, 1.165) is 18.5 Å². The SMILES string of the molecule is O=C(c1ccncc1)N1CCCC1c1nccnc1-c1ncc[nH]1. The van der Waals surface area contributed by atoms with E-state index in [9.17, 15) is 4.79 Å². The van der Waals surface area contributed by atoms with Crippen molar-refractivity contribution in [3.05, 3.63) is 60.6 Å². The van der Waals surface area contributed by atoms with Crippen molar-refractivity contribution in [3.63, 3.8) is 0 Å². The van der Waals surface area contributed by atoms with Gasteiger partial charge in [-0.2, -0.15) is 0 Å². The molecule has 0 saturated carbocycles. The molecule has 4 heterocycles. The molecule has 4 rings (SSSR count). The number of nitrogens with zero attached hydrogens (tertiary/aromatic N) is 5. The maximum absolute atomic E-state index is 12.9. The summed E-state index contributed by atoms with van der Waals surface area (Å²) >= 11 is 0. The summed E-state index contributed by atoms with van der Waals surface area (Å²) in [5, 5.41) is 0. The van der Waals surface area contributed by atoms with E-state index >= 15 is 0 Å². The zero-order valence-electron chi connectivity index (χ0n) is 13.0. The number of rotatable bonds is 3. The van der Waals surface area contributed by atoms with E-state index in [1.165, 1.54) is 0 Å². The Labute approximate surface area is 138 Å². The molecule has 1 unspecified atom stereocenters. The van der Waals surface area contributed by atoms with Crippen LogP contribution in [0.4, 0.5) is 0 Å². The van der Waals surface area contributed by atoms with Crippen LogP contribution in [0.3, 0.4) is 0 Å². The monoisotopic (exact) mass is 320 g/mol. The Balaban J connectivity index is 1.70. The molecule has 1 aliphatic heterocycles. The highest BCUT2D eigenvalue weighted by Gasteiger charge is 2.33. The molecular formula is C17H16N6O. The Hall–Kier alpha value is -3.09. The first-order chi connectivity index (χ1) is 11.8. The molecule has 1 fully saturated rings. The second-order valence-corrected chi connectivity index (χ2v) is 5.62. The molecule has 3 aromatic heterocycles. The van der Waals surface area contributed by atoms with Gasteiger partial charge in [0.25, 0.3) is 5.91 Å². The lowest BCUT2D eigenvalue weighted by Gasteiger charge is -2.25. The number of nitrogens with one attached hydrogen (secondary N) is 1. The van der Waals surface area contributed by atoms with Crippen LogP contribution in [-0.2, 0) is 0 Å². The van der Waals surface area contributed by atoms with Crippen molar-refractivity contribution in [2.45, 2.75) is 18.9 Å². The van der Waals surface area contributed by atoms with Crippen LogP contribution in [-0.4, -0.2) is 42.3 Å². The molecule has 7 heteroatoms. The molecule has 24 heavy (non-hydrogen) atoms. The van der Waals surface area contributed by atoms with Crippen molar-refractivity contribution >= 4 is 5.91 Å². The van der Waals surface area contributed by atoms with Gasteiger partial charge in [-0.05, 0) is 25.0 Å². The van der Waals surface area contributed by atoms with Crippen LogP contribution in [0.2, 0.25) is 0 Å². The molecule has 0 spiro atoms. The number of hydrogen-bond acceptors (Lipinski definition) is 5.